The van der Waals surface area contributed by atoms with E-state index in [1.165, 1.54) is 13.2 Å². The molecule has 76 valence electrons. The van der Waals surface area contributed by atoms with Gasteiger partial charge >= 0.3 is 5.97 Å². The molecular weight excluding hydrogens is 184 g/mol. The van der Waals surface area contributed by atoms with Crippen molar-refractivity contribution < 1.29 is 13.9 Å². The summed E-state index contributed by atoms with van der Waals surface area (Å²) in [6.07, 6.45) is 1.58. The molecule has 1 rings (SSSR count). The van der Waals surface area contributed by atoms with E-state index in [1.54, 1.807) is 17.3 Å². The van der Waals surface area contributed by atoms with Crippen LogP contribution in [0.5, 0.6) is 0 Å². The van der Waals surface area contributed by atoms with Gasteiger partial charge in [-0.05, 0) is 6.07 Å². The quantitative estimate of drug-likeness (QED) is 0.415. The van der Waals surface area contributed by atoms with Crippen LogP contribution in [-0.2, 0) is 4.74 Å². The number of methoxy groups -OCH3 is 1. The fraction of sp³-hybridized carbons (Fsp3) is 0.333. The summed E-state index contributed by atoms with van der Waals surface area (Å²) in [6, 6.07) is 3.13. The van der Waals surface area contributed by atoms with E-state index < -0.39 is 5.97 Å². The predicted octanol–water partition coefficient (Wildman–Crippen LogP) is 1.29. The summed E-state index contributed by atoms with van der Waals surface area (Å²) >= 11 is 0. The second kappa shape index (κ2) is 4.45. The van der Waals surface area contributed by atoms with E-state index >= 15 is 0 Å². The number of hydrogen-bond donors (Lipinski definition) is 0. The third kappa shape index (κ3) is 2.62. The molecule has 1 heterocycles. The maximum Gasteiger partial charge on any atom is 0.374 e. The van der Waals surface area contributed by atoms with Gasteiger partial charge in [0.05, 0.1) is 13.4 Å². The number of rotatable bonds is 3. The van der Waals surface area contributed by atoms with Crippen molar-refractivity contribution in [3.05, 3.63) is 17.9 Å². The number of furan rings is 1. The SMILES string of the molecule is COC(=O)c1ccc(/N=C/N(C)C)o1. The molecule has 1 aromatic heterocycles. The Morgan fingerprint density at radius 2 is 2.29 bits per heavy atom. The highest BCUT2D eigenvalue weighted by molar-refractivity contribution is 5.86. The van der Waals surface area contributed by atoms with E-state index in [0.29, 0.717) is 5.88 Å². The van der Waals surface area contributed by atoms with Crippen LogP contribution in [0.15, 0.2) is 21.5 Å². The topological polar surface area (TPSA) is 55.0 Å². The summed E-state index contributed by atoms with van der Waals surface area (Å²) in [4.78, 5) is 16.7. The van der Waals surface area contributed by atoms with Crippen molar-refractivity contribution in [2.45, 2.75) is 0 Å². The number of carbonyl (C=O) groups is 1. The maximum atomic E-state index is 11.0. The number of ether oxygens (including phenoxy) is 1. The van der Waals surface area contributed by atoms with Crippen LogP contribution in [0.4, 0.5) is 5.88 Å². The molecule has 0 aliphatic heterocycles. The molecule has 0 saturated heterocycles. The highest BCUT2D eigenvalue weighted by Crippen LogP contribution is 2.16. The van der Waals surface area contributed by atoms with Gasteiger partial charge < -0.3 is 14.1 Å². The molecule has 0 bridgehead atoms. The van der Waals surface area contributed by atoms with Gasteiger partial charge in [0.1, 0.15) is 0 Å². The van der Waals surface area contributed by atoms with Crippen LogP contribution in [0, 0.1) is 0 Å². The Bertz CT molecular complexity index is 342. The molecule has 14 heavy (non-hydrogen) atoms. The molecule has 0 amide bonds. The second-order valence-corrected chi connectivity index (χ2v) is 2.84. The first-order chi connectivity index (χ1) is 6.63. The van der Waals surface area contributed by atoms with Gasteiger partial charge in [-0.25, -0.2) is 9.79 Å². The van der Waals surface area contributed by atoms with E-state index in [4.69, 9.17) is 4.42 Å². The first-order valence-electron chi connectivity index (χ1n) is 4.02. The minimum absolute atomic E-state index is 0.151. The Balaban J connectivity index is 2.73. The number of hydrogen-bond acceptors (Lipinski definition) is 4. The molecule has 0 saturated carbocycles. The van der Waals surface area contributed by atoms with E-state index in [0.717, 1.165) is 0 Å². The molecule has 0 aliphatic carbocycles. The van der Waals surface area contributed by atoms with Gasteiger partial charge in [-0.2, -0.15) is 0 Å². The maximum absolute atomic E-state index is 11.0. The zero-order valence-electron chi connectivity index (χ0n) is 8.35. The van der Waals surface area contributed by atoms with Crippen molar-refractivity contribution in [1.82, 2.24) is 4.90 Å². The number of esters is 1. The summed E-state index contributed by atoms with van der Waals surface area (Å²) in [6.45, 7) is 0. The van der Waals surface area contributed by atoms with E-state index in [-0.39, 0.29) is 5.76 Å². The van der Waals surface area contributed by atoms with E-state index in [1.807, 2.05) is 14.1 Å². The largest absolute Gasteiger partial charge is 0.463 e. The third-order valence-corrected chi connectivity index (χ3v) is 1.39. The highest BCUT2D eigenvalue weighted by Gasteiger charge is 2.09. The highest BCUT2D eigenvalue weighted by atomic mass is 16.5. The number of aliphatic imine (C=N–C) groups is 1. The predicted molar refractivity (Wildman–Crippen MR) is 51.9 cm³/mol. The van der Waals surface area contributed by atoms with Crippen molar-refractivity contribution in [3.63, 3.8) is 0 Å². The van der Waals surface area contributed by atoms with Gasteiger partial charge in [-0.3, -0.25) is 0 Å². The first kappa shape index (κ1) is 10.3. The van der Waals surface area contributed by atoms with Crippen molar-refractivity contribution in [3.8, 4) is 0 Å². The smallest absolute Gasteiger partial charge is 0.374 e. The summed E-state index contributed by atoms with van der Waals surface area (Å²) in [5.74, 6) is 0.0220. The van der Waals surface area contributed by atoms with Gasteiger partial charge in [0.2, 0.25) is 11.6 Å². The number of nitrogens with zero attached hydrogens (tertiary/aromatic N) is 2. The molecule has 5 heteroatoms. The monoisotopic (exact) mass is 196 g/mol. The zero-order valence-corrected chi connectivity index (χ0v) is 8.35. The minimum atomic E-state index is -0.503. The third-order valence-electron chi connectivity index (χ3n) is 1.39. The Hall–Kier alpha value is -1.78. The fourth-order valence-electron chi connectivity index (χ4n) is 0.780. The Morgan fingerprint density at radius 3 is 2.86 bits per heavy atom. The molecule has 0 fully saturated rings. The molecule has 0 aromatic carbocycles. The van der Waals surface area contributed by atoms with Gasteiger partial charge in [0.15, 0.2) is 0 Å². The van der Waals surface area contributed by atoms with Crippen LogP contribution in [0.1, 0.15) is 10.6 Å². The van der Waals surface area contributed by atoms with Gasteiger partial charge in [0, 0.05) is 20.2 Å². The fourth-order valence-corrected chi connectivity index (χ4v) is 0.780. The van der Waals surface area contributed by atoms with Crippen LogP contribution >= 0.6 is 0 Å². The first-order valence-corrected chi connectivity index (χ1v) is 4.02. The van der Waals surface area contributed by atoms with Crippen molar-refractivity contribution in [2.75, 3.05) is 21.2 Å². The normalized spacial score (nSPS) is 10.5. The minimum Gasteiger partial charge on any atom is -0.463 e. The molecule has 0 radical (unpaired) electrons. The van der Waals surface area contributed by atoms with Crippen LogP contribution in [0.25, 0.3) is 0 Å². The lowest BCUT2D eigenvalue weighted by Gasteiger charge is -2.00. The molecule has 0 spiro atoms. The summed E-state index contributed by atoms with van der Waals surface area (Å²) in [5.41, 5.74) is 0. The molecule has 0 N–H and O–H groups in total. The van der Waals surface area contributed by atoms with Crippen molar-refractivity contribution in [1.29, 1.82) is 0 Å². The Morgan fingerprint density at radius 1 is 1.57 bits per heavy atom. The standard InChI is InChI=1S/C9H12N2O3/c1-11(2)6-10-8-5-4-7(14-8)9(12)13-3/h4-6H,1-3H3/b10-6+. The molecular formula is C9H12N2O3. The lowest BCUT2D eigenvalue weighted by atomic mass is 10.5. The Labute approximate surface area is 82.0 Å². The number of carbonyl (C=O) groups excluding carboxylic acids is 1. The van der Waals surface area contributed by atoms with Crippen LogP contribution < -0.4 is 0 Å². The molecule has 5 nitrogen and oxygen atoms in total. The van der Waals surface area contributed by atoms with Crippen LogP contribution in [0.3, 0.4) is 0 Å². The zero-order chi connectivity index (χ0) is 10.6. The van der Waals surface area contributed by atoms with Crippen LogP contribution in [0.2, 0.25) is 0 Å². The van der Waals surface area contributed by atoms with E-state index in [2.05, 4.69) is 9.73 Å². The van der Waals surface area contributed by atoms with Gasteiger partial charge in [0.25, 0.3) is 0 Å². The lowest BCUT2D eigenvalue weighted by Crippen LogP contribution is -2.06. The molecule has 0 unspecified atom stereocenters. The summed E-state index contributed by atoms with van der Waals surface area (Å²) < 4.78 is 9.57. The van der Waals surface area contributed by atoms with Gasteiger partial charge in [-0.1, -0.05) is 0 Å². The lowest BCUT2D eigenvalue weighted by molar-refractivity contribution is 0.0566. The summed E-state index contributed by atoms with van der Waals surface area (Å²) in [7, 11) is 4.98. The second-order valence-electron chi connectivity index (χ2n) is 2.84. The summed E-state index contributed by atoms with van der Waals surface area (Å²) in [5, 5.41) is 0. The van der Waals surface area contributed by atoms with Gasteiger partial charge in [-0.15, -0.1) is 0 Å². The molecule has 1 aromatic rings. The molecule has 0 aliphatic rings. The molecule has 0 atom stereocenters. The van der Waals surface area contributed by atoms with Crippen LogP contribution in [-0.4, -0.2) is 38.4 Å². The van der Waals surface area contributed by atoms with Crippen molar-refractivity contribution >= 4 is 18.2 Å². The van der Waals surface area contributed by atoms with E-state index in [9.17, 15) is 4.79 Å². The average molecular weight is 196 g/mol. The average Bonchev–Trinajstić information content (AvgIpc) is 2.62. The van der Waals surface area contributed by atoms with Crippen molar-refractivity contribution in [2.24, 2.45) is 4.99 Å². The Kier molecular flexibility index (Phi) is 3.28.